The van der Waals surface area contributed by atoms with Gasteiger partial charge in [-0.25, -0.2) is 9.78 Å². The third-order valence-electron chi connectivity index (χ3n) is 16.1. The normalized spacial score (nSPS) is 14.9. The van der Waals surface area contributed by atoms with Crippen molar-refractivity contribution in [2.75, 3.05) is 19.5 Å². The molecule has 10 heterocycles. The first-order valence-electron chi connectivity index (χ1n) is 27.4. The predicted octanol–water partition coefficient (Wildman–Crippen LogP) is 14.7. The number of methoxy groups -OCH3 is 2. The lowest BCUT2D eigenvalue weighted by Crippen LogP contribution is -2.15. The fraction of sp³-hybridized carbons (Fsp3) is 0.206. The number of nitrogens with one attached hydrogen (secondary N) is 5. The molecule has 4 aliphatic heterocycles. The fourth-order valence-corrected chi connectivity index (χ4v) is 11.7. The van der Waals surface area contributed by atoms with Crippen molar-refractivity contribution in [3.63, 3.8) is 0 Å². The molecule has 402 valence electrons. The molecule has 16 bridgehead atoms. The van der Waals surface area contributed by atoms with Gasteiger partial charge in [0.25, 0.3) is 5.91 Å². The Kier molecular flexibility index (Phi) is 12.1. The lowest BCUT2D eigenvalue weighted by atomic mass is 9.87. The highest BCUT2D eigenvalue weighted by Gasteiger charge is 2.33. The molecule has 0 saturated heterocycles. The van der Waals surface area contributed by atoms with Crippen LogP contribution in [0.15, 0.2) is 146 Å². The summed E-state index contributed by atoms with van der Waals surface area (Å²) in [5.74, 6) is 0.106. The minimum atomic E-state index is -0.407. The first-order chi connectivity index (χ1) is 38.9. The number of anilines is 1. The van der Waals surface area contributed by atoms with Crippen molar-refractivity contribution in [1.29, 1.82) is 0 Å². The van der Waals surface area contributed by atoms with Crippen LogP contribution in [0.3, 0.4) is 0 Å². The molecule has 6 aromatic heterocycles. The maximum Gasteiger partial charge on any atom is 0.337 e. The number of H-pyrrole nitrogens is 4. The summed E-state index contributed by atoms with van der Waals surface area (Å²) in [6, 6.07) is 48.4. The monoisotopic (exact) mass is 1070 g/mol. The molecule has 0 atom stereocenters. The fourth-order valence-electron chi connectivity index (χ4n) is 11.7. The van der Waals surface area contributed by atoms with E-state index in [0.29, 0.717) is 16.8 Å². The number of nitrogens with zero attached hydrogens (tertiary/aromatic N) is 4. The van der Waals surface area contributed by atoms with Crippen LogP contribution in [0.5, 0.6) is 5.75 Å². The number of hydrogen-bond acceptors (Lipinski definition) is 8. The Balaban J connectivity index is 0.852. The van der Waals surface area contributed by atoms with E-state index in [1.165, 1.54) is 7.11 Å². The van der Waals surface area contributed by atoms with E-state index < -0.39 is 5.97 Å². The molecule has 13 nitrogen and oxygen atoms in total. The summed E-state index contributed by atoms with van der Waals surface area (Å²) in [5.41, 5.74) is 21.2. The van der Waals surface area contributed by atoms with Gasteiger partial charge in [-0.15, -0.1) is 0 Å². The van der Waals surface area contributed by atoms with Gasteiger partial charge < -0.3 is 34.7 Å². The summed E-state index contributed by atoms with van der Waals surface area (Å²) in [5, 5.41) is 3.15. The molecular weight excluding hydrogens is 1010 g/mol. The standard InChI is InChI=1S/C68H61N9O4/c1-66(2)36-50-30-56-52(34-57(76-56)62(40-11-15-42(16-12-40)65(79)81-8)53-25-23-45(70-53)27-44-21-22-46(69-44)31-59(66)74-50)39-17-19-43(20-18-39)75-64(78)41-13-9-38(10-14-41)51-28-48-33-61-68(5,6)37-58(77-61)63(80-7)54-26-24-47(71-54)32-60-67(3,4)35-49(73-60)29-55(51)72-48/h9-34,69,71-72,76H,35-37H2,1-8H3,(H,75,78). The SMILES string of the molecule is COC(=O)c1ccc(-c2c3nc(cc4ccc(cc5nc(cc6[nH]c2cc6-c2ccc(NC(=O)c6ccc(-c7cc8cc9nc(c(OC)c%10ccc(cc%11nc(cc7[nH]8)CC%11(C)C)[nH]%10)CC9(C)C)cc6)cc2)CC5(C)C)[nH]4)C=C3)cc1. The Morgan fingerprint density at radius 1 is 0.481 bits per heavy atom. The molecule has 4 aliphatic rings. The predicted molar refractivity (Wildman–Crippen MR) is 323 cm³/mol. The zero-order valence-electron chi connectivity index (χ0n) is 46.6. The van der Waals surface area contributed by atoms with Crippen molar-refractivity contribution in [1.82, 2.24) is 39.9 Å². The number of esters is 1. The molecule has 13 rings (SSSR count). The number of ether oxygens (including phenoxy) is 2. The quantitative estimate of drug-likeness (QED) is 0.0979. The lowest BCUT2D eigenvalue weighted by molar-refractivity contribution is 0.0600. The third-order valence-corrected chi connectivity index (χ3v) is 16.1. The van der Waals surface area contributed by atoms with E-state index in [1.54, 1.807) is 19.2 Å². The minimum absolute atomic E-state index is 0.186. The number of hydrogen-bond donors (Lipinski definition) is 5. The molecule has 0 unspecified atom stereocenters. The largest absolute Gasteiger partial charge is 0.493 e. The molecule has 0 aliphatic carbocycles. The topological polar surface area (TPSA) is 179 Å². The van der Waals surface area contributed by atoms with Gasteiger partial charge in [-0.05, 0) is 138 Å². The molecule has 0 spiro atoms. The maximum atomic E-state index is 14.1. The Labute approximate surface area is 468 Å². The van der Waals surface area contributed by atoms with Crippen LogP contribution < -0.4 is 10.1 Å². The van der Waals surface area contributed by atoms with Crippen molar-refractivity contribution in [2.24, 2.45) is 0 Å². The maximum absolute atomic E-state index is 14.1. The van der Waals surface area contributed by atoms with Crippen LogP contribution >= 0.6 is 0 Å². The van der Waals surface area contributed by atoms with Crippen LogP contribution in [0.1, 0.15) is 108 Å². The molecule has 9 aromatic rings. The smallest absolute Gasteiger partial charge is 0.337 e. The Hall–Kier alpha value is -9.62. The molecular formula is C68H61N9O4. The van der Waals surface area contributed by atoms with Gasteiger partial charge in [-0.2, -0.15) is 0 Å². The number of aromatic nitrogens is 8. The van der Waals surface area contributed by atoms with E-state index in [1.807, 2.05) is 78.9 Å². The van der Waals surface area contributed by atoms with Crippen LogP contribution in [0.2, 0.25) is 0 Å². The van der Waals surface area contributed by atoms with Gasteiger partial charge in [0.15, 0.2) is 5.75 Å². The van der Waals surface area contributed by atoms with Gasteiger partial charge in [0.05, 0.1) is 42.4 Å². The molecule has 3 aromatic carbocycles. The number of benzene rings is 3. The number of fused-ring (bicyclic) bond motifs is 16. The van der Waals surface area contributed by atoms with Gasteiger partial charge in [0, 0.05) is 131 Å². The first-order valence-corrected chi connectivity index (χ1v) is 27.4. The van der Waals surface area contributed by atoms with Gasteiger partial charge in [-0.1, -0.05) is 77.9 Å². The average Bonchev–Trinajstić information content (AvgIpc) is 4.49. The first kappa shape index (κ1) is 50.9. The molecule has 0 saturated carbocycles. The molecule has 0 radical (unpaired) electrons. The average molecular weight is 1070 g/mol. The second-order valence-electron chi connectivity index (χ2n) is 23.6. The van der Waals surface area contributed by atoms with E-state index in [2.05, 4.69) is 134 Å². The molecule has 1 amide bonds. The van der Waals surface area contributed by atoms with Crippen LogP contribution in [-0.4, -0.2) is 66.0 Å². The van der Waals surface area contributed by atoms with Crippen LogP contribution in [0, 0.1) is 0 Å². The molecule has 13 heteroatoms. The van der Waals surface area contributed by atoms with Crippen molar-refractivity contribution in [2.45, 2.75) is 77.0 Å². The summed E-state index contributed by atoms with van der Waals surface area (Å²) >= 11 is 0. The summed E-state index contributed by atoms with van der Waals surface area (Å²) in [6.45, 7) is 13.3. The Bertz CT molecular complexity index is 4440. The minimum Gasteiger partial charge on any atom is -0.493 e. The second kappa shape index (κ2) is 19.3. The van der Waals surface area contributed by atoms with Gasteiger partial charge in [0.2, 0.25) is 0 Å². The zero-order chi connectivity index (χ0) is 56.0. The molecule has 0 fully saturated rings. The van der Waals surface area contributed by atoms with Gasteiger partial charge >= 0.3 is 5.97 Å². The Morgan fingerprint density at radius 3 is 1.69 bits per heavy atom. The lowest BCUT2D eigenvalue weighted by Gasteiger charge is -2.16. The van der Waals surface area contributed by atoms with E-state index in [4.69, 9.17) is 29.4 Å². The zero-order valence-corrected chi connectivity index (χ0v) is 46.6. The highest BCUT2D eigenvalue weighted by Crippen LogP contribution is 2.40. The van der Waals surface area contributed by atoms with Gasteiger partial charge in [-0.3, -0.25) is 19.7 Å². The van der Waals surface area contributed by atoms with E-state index in [0.717, 1.165) is 148 Å². The number of carbonyl (C=O) groups is 2. The summed E-state index contributed by atoms with van der Waals surface area (Å²) in [4.78, 5) is 61.9. The number of rotatable bonds is 7. The summed E-state index contributed by atoms with van der Waals surface area (Å²) in [6.07, 6.45) is 6.27. The Morgan fingerprint density at radius 2 is 1.02 bits per heavy atom. The molecule has 81 heavy (non-hydrogen) atoms. The highest BCUT2D eigenvalue weighted by atomic mass is 16.5. The van der Waals surface area contributed by atoms with Crippen molar-refractivity contribution < 1.29 is 19.1 Å². The number of carbonyl (C=O) groups excluding carboxylic acids is 2. The number of amides is 1. The molecule has 5 N–H and O–H groups in total. The summed E-state index contributed by atoms with van der Waals surface area (Å²) in [7, 11) is 3.08. The third kappa shape index (κ3) is 9.68. The van der Waals surface area contributed by atoms with Gasteiger partial charge in [0.1, 0.15) is 0 Å². The second-order valence-corrected chi connectivity index (χ2v) is 23.6. The van der Waals surface area contributed by atoms with Crippen LogP contribution in [0.4, 0.5) is 5.69 Å². The van der Waals surface area contributed by atoms with E-state index in [9.17, 15) is 9.59 Å². The van der Waals surface area contributed by atoms with Crippen molar-refractivity contribution in [3.05, 3.63) is 202 Å². The number of aromatic amines is 4. The van der Waals surface area contributed by atoms with E-state index >= 15 is 0 Å². The van der Waals surface area contributed by atoms with Crippen LogP contribution in [-0.2, 0) is 40.2 Å². The van der Waals surface area contributed by atoms with Crippen molar-refractivity contribution >= 4 is 73.8 Å². The van der Waals surface area contributed by atoms with Crippen LogP contribution in [0.25, 0.3) is 89.7 Å². The van der Waals surface area contributed by atoms with E-state index in [-0.39, 0.29) is 22.2 Å². The highest BCUT2D eigenvalue weighted by molar-refractivity contribution is 6.05. The summed E-state index contributed by atoms with van der Waals surface area (Å²) < 4.78 is 11.0. The van der Waals surface area contributed by atoms with Crippen molar-refractivity contribution in [3.8, 4) is 39.1 Å².